The van der Waals surface area contributed by atoms with E-state index < -0.39 is 46.8 Å². The van der Waals surface area contributed by atoms with Gasteiger partial charge in [0, 0.05) is 30.4 Å². The number of methoxy groups -OCH3 is 1. The lowest BCUT2D eigenvalue weighted by Crippen LogP contribution is -2.51. The molecule has 2 heterocycles. The molecule has 11 nitrogen and oxygen atoms in total. The van der Waals surface area contributed by atoms with E-state index in [1.54, 1.807) is 0 Å². The Balaban J connectivity index is 1.43. The Bertz CT molecular complexity index is 1320. The number of hydrogen-bond acceptors (Lipinski definition) is 9. The highest BCUT2D eigenvalue weighted by molar-refractivity contribution is 6.11. The van der Waals surface area contributed by atoms with Crippen molar-refractivity contribution in [2.45, 2.75) is 12.1 Å². The number of phenolic OH excluding ortho intramolecular Hbond substituents is 1. The van der Waals surface area contributed by atoms with Gasteiger partial charge in [-0.1, -0.05) is 12.1 Å². The molecule has 0 aliphatic carbocycles. The zero-order valence-corrected chi connectivity index (χ0v) is 19.1. The van der Waals surface area contributed by atoms with Crippen LogP contribution in [0.2, 0.25) is 0 Å². The van der Waals surface area contributed by atoms with Gasteiger partial charge in [0.05, 0.1) is 19.2 Å². The number of nitrogens with two attached hydrogens (primary N) is 1. The number of hydrogen-bond donors (Lipinski definition) is 5. The molecule has 0 radical (unpaired) electrons. The van der Waals surface area contributed by atoms with Gasteiger partial charge in [-0.3, -0.25) is 14.4 Å². The van der Waals surface area contributed by atoms with E-state index in [9.17, 15) is 23.9 Å². The number of nitrogen functional groups attached to an aromatic ring is 1. The molecule has 12 heteroatoms. The van der Waals surface area contributed by atoms with Crippen molar-refractivity contribution in [3.63, 3.8) is 0 Å². The van der Waals surface area contributed by atoms with Crippen LogP contribution in [0.3, 0.4) is 0 Å². The Kier molecular flexibility index (Phi) is 7.06. The normalized spacial score (nSPS) is 16.8. The van der Waals surface area contributed by atoms with Crippen LogP contribution in [0.5, 0.6) is 11.5 Å². The van der Waals surface area contributed by atoms with E-state index in [4.69, 9.17) is 10.5 Å². The third-order valence-electron chi connectivity index (χ3n) is 5.69. The summed E-state index contributed by atoms with van der Waals surface area (Å²) >= 11 is 0. The van der Waals surface area contributed by atoms with Gasteiger partial charge in [-0.2, -0.15) is 0 Å². The number of halogens is 1. The molecule has 2 amide bonds. The molecule has 1 saturated heterocycles. The SMILES string of the molecule is COc1ccc(O)c(C(=O)c2ccc(C(=O)NC3CNC[C@H]3NC(=O)c3ccnc(N)n3)cc2)c1F. The number of carbonyl (C=O) groups excluding carboxylic acids is 3. The molecule has 2 aromatic carbocycles. The standard InChI is InChI=1S/C24H23FN6O5/c1-36-18-7-6-17(32)19(20(18)25)21(33)12-2-4-13(5-3-12)22(34)29-15-10-27-11-16(15)30-23(35)14-8-9-28-24(26)31-14/h2-9,15-16,27,32H,10-11H2,1H3,(H,29,34)(H,30,35)(H2,26,28,31)/t15?,16-/m1/s1. The Morgan fingerprint density at radius 2 is 1.67 bits per heavy atom. The van der Waals surface area contributed by atoms with Crippen molar-refractivity contribution in [3.8, 4) is 11.5 Å². The average molecular weight is 494 g/mol. The lowest BCUT2D eigenvalue weighted by atomic mass is 10.00. The van der Waals surface area contributed by atoms with E-state index in [1.165, 1.54) is 55.8 Å². The molecule has 1 aromatic heterocycles. The summed E-state index contributed by atoms with van der Waals surface area (Å²) in [5, 5.41) is 18.8. The van der Waals surface area contributed by atoms with E-state index in [1.807, 2.05) is 0 Å². The number of rotatable bonds is 7. The maximum absolute atomic E-state index is 14.5. The summed E-state index contributed by atoms with van der Waals surface area (Å²) < 4.78 is 19.4. The summed E-state index contributed by atoms with van der Waals surface area (Å²) in [7, 11) is 1.25. The number of ether oxygens (including phenoxy) is 1. The molecule has 0 saturated carbocycles. The van der Waals surface area contributed by atoms with Gasteiger partial charge in [0.25, 0.3) is 11.8 Å². The molecule has 1 fully saturated rings. The van der Waals surface area contributed by atoms with Crippen molar-refractivity contribution in [2.24, 2.45) is 0 Å². The van der Waals surface area contributed by atoms with E-state index in [0.717, 1.165) is 0 Å². The quantitative estimate of drug-likeness (QED) is 0.296. The molecule has 0 bridgehead atoms. The highest BCUT2D eigenvalue weighted by atomic mass is 19.1. The molecule has 6 N–H and O–H groups in total. The van der Waals surface area contributed by atoms with Crippen molar-refractivity contribution in [1.82, 2.24) is 25.9 Å². The number of anilines is 1. The fourth-order valence-corrected chi connectivity index (χ4v) is 3.81. The second-order valence-corrected chi connectivity index (χ2v) is 8.00. The monoisotopic (exact) mass is 494 g/mol. The van der Waals surface area contributed by atoms with E-state index in [-0.39, 0.29) is 28.5 Å². The molecule has 3 aromatic rings. The van der Waals surface area contributed by atoms with Gasteiger partial charge in [0.15, 0.2) is 17.3 Å². The van der Waals surface area contributed by atoms with Crippen LogP contribution < -0.4 is 26.4 Å². The van der Waals surface area contributed by atoms with Crippen LogP contribution in [0.15, 0.2) is 48.7 Å². The Morgan fingerprint density at radius 3 is 2.31 bits per heavy atom. The zero-order valence-electron chi connectivity index (χ0n) is 19.1. The lowest BCUT2D eigenvalue weighted by Gasteiger charge is -2.21. The van der Waals surface area contributed by atoms with Gasteiger partial charge < -0.3 is 31.5 Å². The molecule has 1 aliphatic rings. The molecule has 186 valence electrons. The minimum atomic E-state index is -0.976. The summed E-state index contributed by atoms with van der Waals surface area (Å²) in [6, 6.07) is 8.55. The molecule has 2 atom stereocenters. The lowest BCUT2D eigenvalue weighted by molar-refractivity contribution is 0.0894. The maximum Gasteiger partial charge on any atom is 0.270 e. The van der Waals surface area contributed by atoms with Gasteiger partial charge in [0.2, 0.25) is 5.95 Å². The molecule has 1 unspecified atom stereocenters. The Labute approximate surface area is 204 Å². The van der Waals surface area contributed by atoms with Crippen LogP contribution in [0, 0.1) is 5.82 Å². The molecular formula is C24H23FN6O5. The van der Waals surface area contributed by atoms with Crippen molar-refractivity contribution in [1.29, 1.82) is 0 Å². The van der Waals surface area contributed by atoms with Crippen LogP contribution in [-0.4, -0.2) is 65.0 Å². The van der Waals surface area contributed by atoms with Crippen molar-refractivity contribution >= 4 is 23.5 Å². The fraction of sp³-hybridized carbons (Fsp3) is 0.208. The predicted octanol–water partition coefficient (Wildman–Crippen LogP) is 0.643. The second-order valence-electron chi connectivity index (χ2n) is 8.00. The van der Waals surface area contributed by atoms with Crippen LogP contribution in [0.1, 0.15) is 36.8 Å². The Morgan fingerprint density at radius 1 is 1.03 bits per heavy atom. The van der Waals surface area contributed by atoms with E-state index >= 15 is 0 Å². The first-order valence-corrected chi connectivity index (χ1v) is 10.9. The first kappa shape index (κ1) is 24.5. The van der Waals surface area contributed by atoms with E-state index in [2.05, 4.69) is 25.9 Å². The largest absolute Gasteiger partial charge is 0.507 e. The van der Waals surface area contributed by atoms with Crippen LogP contribution in [0.25, 0.3) is 0 Å². The van der Waals surface area contributed by atoms with Gasteiger partial charge in [0.1, 0.15) is 17.0 Å². The zero-order chi connectivity index (χ0) is 25.8. The van der Waals surface area contributed by atoms with Gasteiger partial charge in [-0.15, -0.1) is 0 Å². The van der Waals surface area contributed by atoms with E-state index in [0.29, 0.717) is 13.1 Å². The van der Waals surface area contributed by atoms with Crippen molar-refractivity contribution in [2.75, 3.05) is 25.9 Å². The van der Waals surface area contributed by atoms with Crippen LogP contribution in [0.4, 0.5) is 10.3 Å². The summed E-state index contributed by atoms with van der Waals surface area (Å²) in [6.45, 7) is 0.855. The Hall–Kier alpha value is -4.58. The smallest absolute Gasteiger partial charge is 0.270 e. The number of nitrogens with one attached hydrogen (secondary N) is 3. The molecule has 1 aliphatic heterocycles. The predicted molar refractivity (Wildman–Crippen MR) is 126 cm³/mol. The van der Waals surface area contributed by atoms with Crippen LogP contribution >= 0.6 is 0 Å². The number of nitrogens with zero attached hydrogens (tertiary/aromatic N) is 2. The first-order chi connectivity index (χ1) is 17.3. The fourth-order valence-electron chi connectivity index (χ4n) is 3.81. The minimum absolute atomic E-state index is 0.0247. The number of benzene rings is 2. The maximum atomic E-state index is 14.5. The highest BCUT2D eigenvalue weighted by Gasteiger charge is 2.30. The first-order valence-electron chi connectivity index (χ1n) is 10.9. The summed E-state index contributed by atoms with van der Waals surface area (Å²) in [6.07, 6.45) is 1.38. The minimum Gasteiger partial charge on any atom is -0.507 e. The van der Waals surface area contributed by atoms with Crippen molar-refractivity contribution in [3.05, 3.63) is 76.9 Å². The number of amides is 2. The number of aromatic hydroxyl groups is 1. The van der Waals surface area contributed by atoms with Crippen molar-refractivity contribution < 1.29 is 28.6 Å². The third-order valence-corrected chi connectivity index (χ3v) is 5.69. The summed E-state index contributed by atoms with van der Waals surface area (Å²) in [5.41, 5.74) is 5.44. The van der Waals surface area contributed by atoms with Crippen LogP contribution in [-0.2, 0) is 0 Å². The third kappa shape index (κ3) is 5.08. The molecular weight excluding hydrogens is 471 g/mol. The molecule has 0 spiro atoms. The number of ketones is 1. The molecule has 36 heavy (non-hydrogen) atoms. The number of carbonyl (C=O) groups is 3. The topological polar surface area (TPSA) is 169 Å². The highest BCUT2D eigenvalue weighted by Crippen LogP contribution is 2.30. The molecule has 4 rings (SSSR count). The van der Waals surface area contributed by atoms with Gasteiger partial charge >= 0.3 is 0 Å². The van der Waals surface area contributed by atoms with Gasteiger partial charge in [-0.25, -0.2) is 14.4 Å². The van der Waals surface area contributed by atoms with Gasteiger partial charge in [-0.05, 0) is 30.3 Å². The second kappa shape index (κ2) is 10.4. The number of aromatic nitrogens is 2. The average Bonchev–Trinajstić information content (AvgIpc) is 3.30. The summed E-state index contributed by atoms with van der Waals surface area (Å²) in [4.78, 5) is 45.7. The summed E-state index contributed by atoms with van der Waals surface area (Å²) in [5.74, 6) is -3.34. The number of phenols is 1.